The molecule has 5 nitrogen and oxygen atoms in total. The van der Waals surface area contributed by atoms with Crippen molar-refractivity contribution in [2.45, 2.75) is 12.8 Å². The van der Waals surface area contributed by atoms with Crippen molar-refractivity contribution in [3.63, 3.8) is 0 Å². The largest absolute Gasteiger partial charge is 0.475 e. The molecule has 0 atom stereocenters. The van der Waals surface area contributed by atoms with Crippen LogP contribution in [-0.2, 0) is 0 Å². The van der Waals surface area contributed by atoms with Gasteiger partial charge in [-0.25, -0.2) is 9.97 Å². The lowest BCUT2D eigenvalue weighted by molar-refractivity contribution is 0.111. The Hall–Kier alpha value is -1.49. The smallest absolute Gasteiger partial charge is 0.232 e. The van der Waals surface area contributed by atoms with Crippen LogP contribution in [0.1, 0.15) is 23.3 Å². The monoisotopic (exact) mass is 221 g/mol. The zero-order valence-electron chi connectivity index (χ0n) is 9.13. The van der Waals surface area contributed by atoms with Crippen molar-refractivity contribution in [2.75, 3.05) is 26.2 Å². The minimum atomic E-state index is 0.326. The number of carbonyl (C=O) groups is 1. The van der Waals surface area contributed by atoms with E-state index in [1.54, 1.807) is 0 Å². The maximum absolute atomic E-state index is 10.4. The number of aldehydes is 1. The van der Waals surface area contributed by atoms with E-state index < -0.39 is 0 Å². The molecule has 0 aromatic carbocycles. The van der Waals surface area contributed by atoms with Crippen molar-refractivity contribution in [3.05, 3.63) is 18.1 Å². The lowest BCUT2D eigenvalue weighted by Gasteiger charge is -2.14. The molecule has 1 fully saturated rings. The molecule has 1 aromatic heterocycles. The Kier molecular flexibility index (Phi) is 3.82. The number of likely N-dealkylation sites (tertiary alicyclic amines) is 1. The number of rotatable bonds is 5. The van der Waals surface area contributed by atoms with Gasteiger partial charge in [0, 0.05) is 6.54 Å². The second kappa shape index (κ2) is 5.55. The molecule has 0 N–H and O–H groups in total. The van der Waals surface area contributed by atoms with Crippen LogP contribution in [0.5, 0.6) is 5.88 Å². The van der Waals surface area contributed by atoms with E-state index in [-0.39, 0.29) is 0 Å². The molecule has 0 radical (unpaired) electrons. The number of aromatic nitrogens is 2. The predicted molar refractivity (Wildman–Crippen MR) is 58.6 cm³/mol. The third kappa shape index (κ3) is 3.00. The molecule has 0 aliphatic carbocycles. The van der Waals surface area contributed by atoms with E-state index in [4.69, 9.17) is 4.74 Å². The van der Waals surface area contributed by atoms with Crippen LogP contribution in [0, 0.1) is 0 Å². The van der Waals surface area contributed by atoms with Crippen molar-refractivity contribution < 1.29 is 9.53 Å². The second-order valence-electron chi connectivity index (χ2n) is 3.79. The Labute approximate surface area is 94.5 Å². The summed E-state index contributed by atoms with van der Waals surface area (Å²) in [4.78, 5) is 20.6. The lowest BCUT2D eigenvalue weighted by Crippen LogP contribution is -2.25. The summed E-state index contributed by atoms with van der Waals surface area (Å²) >= 11 is 0. The molecule has 0 spiro atoms. The Morgan fingerprint density at radius 2 is 2.12 bits per heavy atom. The number of ether oxygens (including phenoxy) is 1. The molecule has 2 rings (SSSR count). The van der Waals surface area contributed by atoms with Crippen molar-refractivity contribution in [2.24, 2.45) is 0 Å². The van der Waals surface area contributed by atoms with E-state index in [0.717, 1.165) is 6.54 Å². The summed E-state index contributed by atoms with van der Waals surface area (Å²) in [5.74, 6) is 0.477. The fourth-order valence-corrected chi connectivity index (χ4v) is 1.75. The molecule has 0 saturated carbocycles. The van der Waals surface area contributed by atoms with Gasteiger partial charge in [-0.1, -0.05) is 0 Å². The van der Waals surface area contributed by atoms with Gasteiger partial charge in [0.2, 0.25) is 5.88 Å². The van der Waals surface area contributed by atoms with E-state index in [2.05, 4.69) is 14.9 Å². The van der Waals surface area contributed by atoms with Crippen molar-refractivity contribution in [1.29, 1.82) is 0 Å². The van der Waals surface area contributed by atoms with E-state index in [0.29, 0.717) is 24.5 Å². The van der Waals surface area contributed by atoms with Gasteiger partial charge in [0.05, 0.1) is 12.4 Å². The highest BCUT2D eigenvalue weighted by Gasteiger charge is 2.10. The van der Waals surface area contributed by atoms with Gasteiger partial charge in [-0.05, 0) is 25.9 Å². The Balaban J connectivity index is 1.73. The van der Waals surface area contributed by atoms with Crippen LogP contribution < -0.4 is 4.74 Å². The molecule has 0 bridgehead atoms. The molecule has 1 aromatic rings. The maximum atomic E-state index is 10.4. The summed E-state index contributed by atoms with van der Waals surface area (Å²) in [7, 11) is 0. The van der Waals surface area contributed by atoms with Gasteiger partial charge in [-0.2, -0.15) is 0 Å². The normalized spacial score (nSPS) is 16.2. The molecule has 2 heterocycles. The number of hydrogen-bond donors (Lipinski definition) is 0. The molecule has 1 saturated heterocycles. The first kappa shape index (κ1) is 11.0. The highest BCUT2D eigenvalue weighted by molar-refractivity contribution is 5.70. The van der Waals surface area contributed by atoms with Gasteiger partial charge >= 0.3 is 0 Å². The van der Waals surface area contributed by atoms with Crippen LogP contribution in [0.25, 0.3) is 0 Å². The van der Waals surface area contributed by atoms with Crippen LogP contribution in [0.4, 0.5) is 0 Å². The van der Waals surface area contributed by atoms with Gasteiger partial charge < -0.3 is 4.74 Å². The van der Waals surface area contributed by atoms with Gasteiger partial charge in [0.25, 0.3) is 0 Å². The standard InChI is InChI=1S/C11H15N3O2/c15-9-10-7-13-11(8-12-10)16-6-5-14-3-1-2-4-14/h7-9H,1-6H2. The SMILES string of the molecule is O=Cc1cnc(OCCN2CCCC2)cn1. The average molecular weight is 221 g/mol. The number of carbonyl (C=O) groups excluding carboxylic acids is 1. The Bertz CT molecular complexity index is 334. The molecule has 86 valence electrons. The van der Waals surface area contributed by atoms with Gasteiger partial charge in [-0.3, -0.25) is 9.69 Å². The fourth-order valence-electron chi connectivity index (χ4n) is 1.75. The van der Waals surface area contributed by atoms with Crippen LogP contribution in [0.15, 0.2) is 12.4 Å². The minimum absolute atomic E-state index is 0.326. The summed E-state index contributed by atoms with van der Waals surface area (Å²) in [6, 6.07) is 0. The Morgan fingerprint density at radius 1 is 1.31 bits per heavy atom. The Morgan fingerprint density at radius 3 is 2.75 bits per heavy atom. The summed E-state index contributed by atoms with van der Waals surface area (Å²) in [5.41, 5.74) is 0.326. The fraction of sp³-hybridized carbons (Fsp3) is 0.545. The van der Waals surface area contributed by atoms with Gasteiger partial charge in [0.1, 0.15) is 12.3 Å². The molecule has 1 aliphatic heterocycles. The highest BCUT2D eigenvalue weighted by Crippen LogP contribution is 2.07. The number of hydrogen-bond acceptors (Lipinski definition) is 5. The summed E-state index contributed by atoms with van der Waals surface area (Å²) in [6.07, 6.45) is 6.13. The van der Waals surface area contributed by atoms with E-state index >= 15 is 0 Å². The third-order valence-electron chi connectivity index (χ3n) is 2.63. The van der Waals surface area contributed by atoms with Crippen molar-refractivity contribution in [1.82, 2.24) is 14.9 Å². The zero-order chi connectivity index (χ0) is 11.2. The summed E-state index contributed by atoms with van der Waals surface area (Å²) in [6.45, 7) is 3.88. The molecular weight excluding hydrogens is 206 g/mol. The summed E-state index contributed by atoms with van der Waals surface area (Å²) in [5, 5.41) is 0. The highest BCUT2D eigenvalue weighted by atomic mass is 16.5. The van der Waals surface area contributed by atoms with Crippen molar-refractivity contribution in [3.8, 4) is 5.88 Å². The average Bonchev–Trinajstić information content (AvgIpc) is 2.83. The second-order valence-corrected chi connectivity index (χ2v) is 3.79. The first-order valence-electron chi connectivity index (χ1n) is 5.51. The first-order valence-corrected chi connectivity index (χ1v) is 5.51. The van der Waals surface area contributed by atoms with Crippen LogP contribution in [-0.4, -0.2) is 47.4 Å². The van der Waals surface area contributed by atoms with Crippen LogP contribution >= 0.6 is 0 Å². The molecule has 0 unspecified atom stereocenters. The van der Waals surface area contributed by atoms with Crippen molar-refractivity contribution >= 4 is 6.29 Å². The molecular formula is C11H15N3O2. The van der Waals surface area contributed by atoms with Gasteiger partial charge in [-0.15, -0.1) is 0 Å². The first-order chi connectivity index (χ1) is 7.88. The minimum Gasteiger partial charge on any atom is -0.475 e. The molecule has 1 aliphatic rings. The quantitative estimate of drug-likeness (QED) is 0.687. The van der Waals surface area contributed by atoms with E-state index in [9.17, 15) is 4.79 Å². The van der Waals surface area contributed by atoms with E-state index in [1.807, 2.05) is 0 Å². The topological polar surface area (TPSA) is 55.3 Å². The maximum Gasteiger partial charge on any atom is 0.232 e. The predicted octanol–water partition coefficient (Wildman–Crippen LogP) is 0.764. The molecule has 0 amide bonds. The molecule has 16 heavy (non-hydrogen) atoms. The summed E-state index contributed by atoms with van der Waals surface area (Å²) < 4.78 is 5.44. The molecule has 5 heteroatoms. The van der Waals surface area contributed by atoms with E-state index in [1.165, 1.54) is 38.3 Å². The zero-order valence-corrected chi connectivity index (χ0v) is 9.13. The third-order valence-corrected chi connectivity index (χ3v) is 2.63. The van der Waals surface area contributed by atoms with Crippen LogP contribution in [0.3, 0.4) is 0 Å². The lowest BCUT2D eigenvalue weighted by atomic mass is 10.4. The van der Waals surface area contributed by atoms with Gasteiger partial charge in [0.15, 0.2) is 6.29 Å². The number of nitrogens with zero attached hydrogens (tertiary/aromatic N) is 3. The van der Waals surface area contributed by atoms with Crippen LogP contribution in [0.2, 0.25) is 0 Å².